The monoisotopic (exact) mass is 498 g/mol. The zero-order valence-corrected chi connectivity index (χ0v) is 20.7. The van der Waals surface area contributed by atoms with E-state index in [1.165, 1.54) is 0 Å². The first-order valence-corrected chi connectivity index (χ1v) is 12.1. The number of carboxylic acids is 1. The molecule has 1 atom stereocenters. The van der Waals surface area contributed by atoms with E-state index in [0.29, 0.717) is 36.7 Å². The molecule has 0 heterocycles. The summed E-state index contributed by atoms with van der Waals surface area (Å²) < 4.78 is 17.5. The first-order valence-electron chi connectivity index (χ1n) is 12.1. The van der Waals surface area contributed by atoms with E-state index in [2.05, 4.69) is 12.1 Å². The van der Waals surface area contributed by atoms with Crippen molar-refractivity contribution in [3.05, 3.63) is 103 Å². The molecular formula is C31H30O6. The highest BCUT2D eigenvalue weighted by atomic mass is 16.5. The molecule has 0 fully saturated rings. The topological polar surface area (TPSA) is 85.2 Å². The van der Waals surface area contributed by atoms with Crippen molar-refractivity contribution in [3.8, 4) is 39.5 Å². The number of aliphatic hydroxyl groups is 1. The van der Waals surface area contributed by atoms with Crippen molar-refractivity contribution in [2.45, 2.75) is 18.9 Å². The summed E-state index contributed by atoms with van der Waals surface area (Å²) in [6, 6.07) is 31.2. The third-order valence-corrected chi connectivity index (χ3v) is 5.93. The van der Waals surface area contributed by atoms with Crippen LogP contribution in [0.1, 0.15) is 12.0 Å². The Kier molecular flexibility index (Phi) is 8.79. The minimum absolute atomic E-state index is 0.00529. The highest BCUT2D eigenvalue weighted by Crippen LogP contribution is 2.37. The molecule has 4 rings (SSSR count). The Labute approximate surface area is 216 Å². The second-order valence-electron chi connectivity index (χ2n) is 8.53. The van der Waals surface area contributed by atoms with Gasteiger partial charge in [0, 0.05) is 24.0 Å². The van der Waals surface area contributed by atoms with Gasteiger partial charge >= 0.3 is 5.97 Å². The van der Waals surface area contributed by atoms with Gasteiger partial charge in [-0.05, 0) is 47.0 Å². The van der Waals surface area contributed by atoms with Gasteiger partial charge in [0.25, 0.3) is 0 Å². The average Bonchev–Trinajstić information content (AvgIpc) is 2.94. The Morgan fingerprint density at radius 2 is 1.43 bits per heavy atom. The number of rotatable bonds is 12. The van der Waals surface area contributed by atoms with Gasteiger partial charge in [0.05, 0.1) is 20.3 Å². The molecular weight excluding hydrogens is 468 g/mol. The maximum Gasteiger partial charge on any atom is 0.332 e. The predicted molar refractivity (Wildman–Crippen MR) is 143 cm³/mol. The smallest absolute Gasteiger partial charge is 0.332 e. The summed E-state index contributed by atoms with van der Waals surface area (Å²) in [5.41, 5.74) is 4.58. The molecule has 0 spiro atoms. The molecule has 2 N–H and O–H groups in total. The molecule has 190 valence electrons. The van der Waals surface area contributed by atoms with Crippen LogP contribution in [0.15, 0.2) is 97.1 Å². The zero-order valence-electron chi connectivity index (χ0n) is 20.7. The fourth-order valence-electron chi connectivity index (χ4n) is 4.02. The van der Waals surface area contributed by atoms with Gasteiger partial charge in [0.15, 0.2) is 6.10 Å². The van der Waals surface area contributed by atoms with E-state index in [1.54, 1.807) is 19.2 Å². The van der Waals surface area contributed by atoms with Gasteiger partial charge in [-0.3, -0.25) is 0 Å². The number of hydrogen-bond donors (Lipinski definition) is 2. The van der Waals surface area contributed by atoms with Gasteiger partial charge in [-0.1, -0.05) is 66.7 Å². The van der Waals surface area contributed by atoms with Gasteiger partial charge < -0.3 is 24.4 Å². The molecule has 0 aliphatic rings. The minimum atomic E-state index is -1.48. The fourth-order valence-corrected chi connectivity index (χ4v) is 4.02. The van der Waals surface area contributed by atoms with Crippen LogP contribution in [0.2, 0.25) is 0 Å². The van der Waals surface area contributed by atoms with Crippen LogP contribution in [0.25, 0.3) is 22.3 Å². The van der Waals surface area contributed by atoms with Crippen molar-refractivity contribution in [3.63, 3.8) is 0 Å². The van der Waals surface area contributed by atoms with Gasteiger partial charge in [-0.25, -0.2) is 4.79 Å². The van der Waals surface area contributed by atoms with Crippen LogP contribution in [-0.2, 0) is 11.2 Å². The van der Waals surface area contributed by atoms with Crippen LogP contribution >= 0.6 is 0 Å². The summed E-state index contributed by atoms with van der Waals surface area (Å²) in [6.45, 7) is 0.929. The van der Waals surface area contributed by atoms with E-state index in [-0.39, 0.29) is 6.42 Å². The largest absolute Gasteiger partial charge is 0.496 e. The lowest BCUT2D eigenvalue weighted by Gasteiger charge is -2.16. The van der Waals surface area contributed by atoms with E-state index in [9.17, 15) is 9.90 Å². The zero-order chi connectivity index (χ0) is 26.0. The van der Waals surface area contributed by atoms with Gasteiger partial charge in [0.2, 0.25) is 0 Å². The molecule has 6 heteroatoms. The number of ether oxygens (including phenoxy) is 3. The molecule has 0 aliphatic heterocycles. The number of para-hydroxylation sites is 1. The van der Waals surface area contributed by atoms with Crippen molar-refractivity contribution < 1.29 is 29.2 Å². The third-order valence-electron chi connectivity index (χ3n) is 5.93. The highest BCUT2D eigenvalue weighted by Gasteiger charge is 2.17. The average molecular weight is 499 g/mol. The number of methoxy groups -OCH3 is 1. The molecule has 4 aromatic rings. The summed E-state index contributed by atoms with van der Waals surface area (Å²) in [5.74, 6) is 0.862. The Morgan fingerprint density at radius 3 is 2.16 bits per heavy atom. The lowest BCUT2D eigenvalue weighted by molar-refractivity contribution is -0.146. The van der Waals surface area contributed by atoms with Crippen LogP contribution in [-0.4, -0.2) is 42.6 Å². The normalized spacial score (nSPS) is 11.5. The van der Waals surface area contributed by atoms with Crippen molar-refractivity contribution in [2.75, 3.05) is 20.3 Å². The number of hydrogen-bond acceptors (Lipinski definition) is 5. The summed E-state index contributed by atoms with van der Waals surface area (Å²) in [7, 11) is 1.60. The Hall–Kier alpha value is -4.29. The van der Waals surface area contributed by atoms with Crippen LogP contribution < -0.4 is 14.2 Å². The first-order chi connectivity index (χ1) is 18.0. The summed E-state index contributed by atoms with van der Waals surface area (Å²) in [5, 5.41) is 18.9. The molecule has 0 radical (unpaired) electrons. The number of aliphatic hydroxyl groups excluding tert-OH is 1. The highest BCUT2D eigenvalue weighted by molar-refractivity contribution is 5.77. The van der Waals surface area contributed by atoms with Crippen LogP contribution in [0.5, 0.6) is 17.2 Å². The van der Waals surface area contributed by atoms with Gasteiger partial charge in [-0.15, -0.1) is 0 Å². The standard InChI is InChI=1S/C31H30O6/c1-35-29-11-6-5-10-26(29)27-20-22(21-28(32)31(33)34)12-17-30(27)37-19-7-18-36-25-15-13-24(14-16-25)23-8-3-2-4-9-23/h2-6,8-17,20,28,32H,7,18-19,21H2,1H3,(H,33,34)/t28-/m0/s1. The molecule has 0 saturated heterocycles. The molecule has 0 aliphatic carbocycles. The third kappa shape index (κ3) is 6.90. The summed E-state index contributed by atoms with van der Waals surface area (Å²) in [4.78, 5) is 11.1. The molecule has 0 saturated carbocycles. The predicted octanol–water partition coefficient (Wildman–Crippen LogP) is 5.87. The SMILES string of the molecule is COc1ccccc1-c1cc(C[C@H](O)C(=O)O)ccc1OCCCOc1ccc(-c2ccccc2)cc1. The van der Waals surface area contributed by atoms with Crippen molar-refractivity contribution >= 4 is 5.97 Å². The second kappa shape index (κ2) is 12.6. The number of aliphatic carboxylic acids is 1. The maximum absolute atomic E-state index is 11.1. The number of carboxylic acid groups (broad SMARTS) is 1. The van der Waals surface area contributed by atoms with E-state index in [4.69, 9.17) is 19.3 Å². The summed E-state index contributed by atoms with van der Waals surface area (Å²) >= 11 is 0. The molecule has 0 unspecified atom stereocenters. The maximum atomic E-state index is 11.1. The minimum Gasteiger partial charge on any atom is -0.496 e. The van der Waals surface area contributed by atoms with E-state index in [1.807, 2.05) is 72.8 Å². The van der Waals surface area contributed by atoms with E-state index < -0.39 is 12.1 Å². The van der Waals surface area contributed by atoms with Crippen LogP contribution in [0.4, 0.5) is 0 Å². The Balaban J connectivity index is 1.39. The first kappa shape index (κ1) is 25.8. The molecule has 0 aromatic heterocycles. The van der Waals surface area contributed by atoms with Crippen LogP contribution in [0.3, 0.4) is 0 Å². The van der Waals surface area contributed by atoms with Crippen molar-refractivity contribution in [1.82, 2.24) is 0 Å². The second-order valence-corrected chi connectivity index (χ2v) is 8.53. The van der Waals surface area contributed by atoms with Crippen molar-refractivity contribution in [1.29, 1.82) is 0 Å². The Morgan fingerprint density at radius 1 is 0.757 bits per heavy atom. The van der Waals surface area contributed by atoms with Gasteiger partial charge in [0.1, 0.15) is 17.2 Å². The van der Waals surface area contributed by atoms with Crippen LogP contribution in [0, 0.1) is 0 Å². The lowest BCUT2D eigenvalue weighted by atomic mass is 9.98. The quantitative estimate of drug-likeness (QED) is 0.238. The molecule has 0 bridgehead atoms. The number of carbonyl (C=O) groups is 1. The molecule has 37 heavy (non-hydrogen) atoms. The molecule has 4 aromatic carbocycles. The molecule has 0 amide bonds. The summed E-state index contributed by atoms with van der Waals surface area (Å²) in [6.07, 6.45) is -0.809. The van der Waals surface area contributed by atoms with Gasteiger partial charge in [-0.2, -0.15) is 0 Å². The lowest BCUT2D eigenvalue weighted by Crippen LogP contribution is -2.21. The van der Waals surface area contributed by atoms with E-state index in [0.717, 1.165) is 28.0 Å². The Bertz CT molecular complexity index is 1300. The fraction of sp³-hybridized carbons (Fsp3) is 0.194. The number of benzene rings is 4. The van der Waals surface area contributed by atoms with E-state index >= 15 is 0 Å². The molecule has 6 nitrogen and oxygen atoms in total. The van der Waals surface area contributed by atoms with Crippen molar-refractivity contribution in [2.24, 2.45) is 0 Å².